The predicted octanol–water partition coefficient (Wildman–Crippen LogP) is -8.23. The highest BCUT2D eigenvalue weighted by Crippen LogP contribution is 2.31. The third kappa shape index (κ3) is 16.2. The number of hydrazine groups is 1. The first-order valence-corrected chi connectivity index (χ1v) is 20.7. The van der Waals surface area contributed by atoms with Crippen molar-refractivity contribution < 1.29 is 103 Å². The summed E-state index contributed by atoms with van der Waals surface area (Å²) >= 11 is 0. The molecule has 26 nitrogen and oxygen atoms in total. The van der Waals surface area contributed by atoms with Crippen molar-refractivity contribution in [3.63, 3.8) is 0 Å². The van der Waals surface area contributed by atoms with Crippen molar-refractivity contribution in [3.05, 3.63) is 0 Å². The van der Waals surface area contributed by atoms with Crippen LogP contribution in [0.3, 0.4) is 0 Å². The Morgan fingerprint density at radius 3 is 1.87 bits per heavy atom. The average molecular weight is 916 g/mol. The smallest absolute Gasteiger partial charge is 0.239 e. The minimum Gasteiger partial charge on any atom is -0.394 e. The van der Waals surface area contributed by atoms with E-state index in [1.54, 1.807) is 0 Å². The van der Waals surface area contributed by atoms with Gasteiger partial charge in [-0.25, -0.2) is 5.43 Å². The van der Waals surface area contributed by atoms with Crippen LogP contribution in [0.5, 0.6) is 0 Å². The van der Waals surface area contributed by atoms with Gasteiger partial charge in [-0.15, -0.1) is 0 Å². The van der Waals surface area contributed by atoms with E-state index in [0.29, 0.717) is 19.4 Å². The van der Waals surface area contributed by atoms with Gasteiger partial charge in [-0.3, -0.25) is 29.4 Å². The van der Waals surface area contributed by atoms with Crippen LogP contribution in [0.15, 0.2) is 0 Å². The lowest BCUT2D eigenvalue weighted by atomic mass is 9.96. The summed E-state index contributed by atoms with van der Waals surface area (Å²) in [6.07, 6.45) is -24.6. The maximum Gasteiger partial charge on any atom is 0.239 e. The number of aliphatic hydroxyl groups is 10. The van der Waals surface area contributed by atoms with Gasteiger partial charge in [-0.1, -0.05) is 13.3 Å². The molecule has 3 aliphatic rings. The first kappa shape index (κ1) is 54.4. The van der Waals surface area contributed by atoms with Crippen molar-refractivity contribution in [1.29, 1.82) is 0 Å². The normalized spacial score (nSPS) is 34.4. The van der Waals surface area contributed by atoms with Crippen LogP contribution in [-0.4, -0.2) is 225 Å². The monoisotopic (exact) mass is 915 g/mol. The topological polar surface area (TPSA) is 417 Å². The molecule has 0 unspecified atom stereocenters. The molecule has 3 fully saturated rings. The molecular weight excluding hydrogens is 850 g/mol. The van der Waals surface area contributed by atoms with Crippen LogP contribution in [-0.2, 0) is 52.4 Å². The number of nitrogens with one attached hydrogen (secondary N) is 4. The van der Waals surface area contributed by atoms with E-state index < -0.39 is 148 Å². The Bertz CT molecular complexity index is 1450. The van der Waals surface area contributed by atoms with Crippen LogP contribution < -0.4 is 27.2 Å². The molecule has 0 aromatic rings. The summed E-state index contributed by atoms with van der Waals surface area (Å²) in [6, 6.07) is -0.598. The molecular formula is C37H65N5O21. The Labute approximate surface area is 362 Å². The third-order valence-corrected chi connectivity index (χ3v) is 10.6. The van der Waals surface area contributed by atoms with Crippen molar-refractivity contribution in [2.24, 2.45) is 11.7 Å². The van der Waals surface area contributed by atoms with Gasteiger partial charge >= 0.3 is 0 Å². The molecule has 3 aliphatic heterocycles. The van der Waals surface area contributed by atoms with Crippen LogP contribution in [0.25, 0.3) is 0 Å². The molecule has 0 aromatic carbocycles. The maximum atomic E-state index is 12.6. The summed E-state index contributed by atoms with van der Waals surface area (Å²) in [5, 5.41) is 108. The van der Waals surface area contributed by atoms with Crippen molar-refractivity contribution in [1.82, 2.24) is 21.5 Å². The highest BCUT2D eigenvalue weighted by atomic mass is 16.7. The lowest BCUT2D eigenvalue weighted by Gasteiger charge is -2.46. The standard InChI is InChI=1S/C37H65N5O21/c1-16(11-18(46)6-7-23(47)42-41-19(17(2)45)5-3-4-8-38)34(57)40-12-24(48)39-9-10-58-36-32(56)33(63-37-31(55)29(53)26(50)21(14-44)61-37)27(51)22(62-36)15-59-35-30(54)28(52)25(49)20(13-43)60-35/h16,19-22,25-33,35-37,41,43-44,49-56H,3-15,38H2,1-2H3,(H,39,48)(H,40,57)(H,42,47)/t16-,19+,20-,21-,22-,25-,26-,27-,28+,29+,30+,31+,32+,33+,35+,36+,37-/m1/s1. The molecule has 16 N–H and O–H groups in total. The molecule has 0 spiro atoms. The summed E-state index contributed by atoms with van der Waals surface area (Å²) in [7, 11) is 0. The van der Waals surface area contributed by atoms with E-state index in [-0.39, 0.29) is 44.0 Å². The van der Waals surface area contributed by atoms with Crippen LogP contribution in [0, 0.1) is 5.92 Å². The summed E-state index contributed by atoms with van der Waals surface area (Å²) in [5.41, 5.74) is 10.6. The van der Waals surface area contributed by atoms with Gasteiger partial charge < -0.3 is 95.9 Å². The number of aliphatic hydroxyl groups excluding tert-OH is 10. The fourth-order valence-corrected chi connectivity index (χ4v) is 6.73. The molecule has 364 valence electrons. The van der Waals surface area contributed by atoms with E-state index in [4.69, 9.17) is 34.2 Å². The molecule has 0 saturated carbocycles. The van der Waals surface area contributed by atoms with E-state index in [0.717, 1.165) is 6.42 Å². The number of carbonyl (C=O) groups excluding carboxylic acids is 5. The zero-order chi connectivity index (χ0) is 47.0. The molecule has 3 rings (SSSR count). The number of hydrogen-bond acceptors (Lipinski definition) is 23. The molecule has 26 heteroatoms. The van der Waals surface area contributed by atoms with Crippen molar-refractivity contribution in [2.45, 2.75) is 151 Å². The number of ketones is 2. The number of Topliss-reactive ketones (excluding diaryl/α,β-unsaturated/α-hetero) is 2. The second kappa shape index (κ2) is 26.9. The lowest BCUT2D eigenvalue weighted by molar-refractivity contribution is -0.366. The fourth-order valence-electron chi connectivity index (χ4n) is 6.73. The van der Waals surface area contributed by atoms with Gasteiger partial charge in [0.05, 0.1) is 39.0 Å². The third-order valence-electron chi connectivity index (χ3n) is 10.6. The molecule has 0 aliphatic carbocycles. The van der Waals surface area contributed by atoms with Crippen LogP contribution >= 0.6 is 0 Å². The predicted molar refractivity (Wildman–Crippen MR) is 208 cm³/mol. The van der Waals surface area contributed by atoms with E-state index >= 15 is 0 Å². The molecule has 0 aromatic heterocycles. The molecule has 17 atom stereocenters. The zero-order valence-corrected chi connectivity index (χ0v) is 35.0. The highest BCUT2D eigenvalue weighted by Gasteiger charge is 2.52. The van der Waals surface area contributed by atoms with E-state index in [2.05, 4.69) is 21.5 Å². The number of rotatable bonds is 26. The van der Waals surface area contributed by atoms with Crippen molar-refractivity contribution in [3.8, 4) is 0 Å². The molecule has 0 radical (unpaired) electrons. The Morgan fingerprint density at radius 2 is 1.27 bits per heavy atom. The van der Waals surface area contributed by atoms with E-state index in [1.165, 1.54) is 13.8 Å². The van der Waals surface area contributed by atoms with Gasteiger partial charge in [-0.2, -0.15) is 0 Å². The zero-order valence-electron chi connectivity index (χ0n) is 35.0. The number of ether oxygens (including phenoxy) is 6. The summed E-state index contributed by atoms with van der Waals surface area (Å²) < 4.78 is 33.1. The van der Waals surface area contributed by atoms with E-state index in [9.17, 15) is 75.0 Å². The Kier molecular flexibility index (Phi) is 23.2. The van der Waals surface area contributed by atoms with Crippen molar-refractivity contribution >= 4 is 29.3 Å². The Morgan fingerprint density at radius 1 is 0.683 bits per heavy atom. The van der Waals surface area contributed by atoms with Crippen LogP contribution in [0.1, 0.15) is 52.4 Å². The number of hydrogen-bond donors (Lipinski definition) is 15. The van der Waals surface area contributed by atoms with Gasteiger partial charge in [0.1, 0.15) is 84.8 Å². The first-order chi connectivity index (χ1) is 29.8. The summed E-state index contributed by atoms with van der Waals surface area (Å²) in [6.45, 7) is -0.0623. The molecule has 0 bridgehead atoms. The number of amides is 3. The average Bonchev–Trinajstić information content (AvgIpc) is 3.25. The Balaban J connectivity index is 1.50. The first-order valence-electron chi connectivity index (χ1n) is 20.7. The number of carbonyl (C=O) groups is 5. The Hall–Kier alpha value is -2.97. The summed E-state index contributed by atoms with van der Waals surface area (Å²) in [5.74, 6) is -3.23. The molecule has 63 heavy (non-hydrogen) atoms. The van der Waals surface area contributed by atoms with Crippen LogP contribution in [0.4, 0.5) is 0 Å². The van der Waals surface area contributed by atoms with Gasteiger partial charge in [0, 0.05) is 31.7 Å². The SMILES string of the molecule is CC(=O)[C@H](CCCCN)NNC(=O)CCC(=O)C[C@@H](C)C(=O)NCC(=O)NCCO[C@H]1O[C@H](CO[C@H]2O[C@H](CO)[C@@H](O)[C@H](O)[C@@H]2O)[C@@H](O)[C@H](O[C@H]2O[C@H](CO)[C@@H](O)[C@H](O)[C@@H]2O)[C@@H]1O. The summed E-state index contributed by atoms with van der Waals surface area (Å²) in [4.78, 5) is 61.6. The minimum atomic E-state index is -1.95. The van der Waals surface area contributed by atoms with Gasteiger partial charge in [0.2, 0.25) is 17.7 Å². The minimum absolute atomic E-state index is 0.170. The largest absolute Gasteiger partial charge is 0.394 e. The lowest BCUT2D eigenvalue weighted by Crippen LogP contribution is -2.65. The van der Waals surface area contributed by atoms with Gasteiger partial charge in [0.15, 0.2) is 18.9 Å². The van der Waals surface area contributed by atoms with Crippen LogP contribution in [0.2, 0.25) is 0 Å². The second-order valence-corrected chi connectivity index (χ2v) is 15.6. The molecule has 3 saturated heterocycles. The fraction of sp³-hybridized carbons (Fsp3) is 0.865. The number of unbranched alkanes of at least 4 members (excludes halogenated alkanes) is 1. The van der Waals surface area contributed by atoms with Gasteiger partial charge in [-0.05, 0) is 26.3 Å². The maximum absolute atomic E-state index is 12.6. The number of nitrogens with two attached hydrogens (primary N) is 1. The van der Waals surface area contributed by atoms with Crippen molar-refractivity contribution in [2.75, 3.05) is 46.1 Å². The highest BCUT2D eigenvalue weighted by molar-refractivity contribution is 5.90. The molecule has 3 heterocycles. The van der Waals surface area contributed by atoms with E-state index in [1.807, 2.05) is 0 Å². The van der Waals surface area contributed by atoms with Gasteiger partial charge in [0.25, 0.3) is 0 Å². The molecule has 3 amide bonds. The quantitative estimate of drug-likeness (QED) is 0.0283. The second-order valence-electron chi connectivity index (χ2n) is 15.6.